The lowest BCUT2D eigenvalue weighted by Gasteiger charge is -2.36. The number of likely N-dealkylation sites (tertiary alicyclic amines) is 1. The first-order chi connectivity index (χ1) is 16.0. The maximum absolute atomic E-state index is 15.0. The molecule has 1 aromatic carbocycles. The number of benzene rings is 1. The largest absolute Gasteiger partial charge is 0.444 e. The topological polar surface area (TPSA) is 67.3 Å². The molecule has 0 saturated carbocycles. The van der Waals surface area contributed by atoms with E-state index < -0.39 is 11.1 Å². The molecule has 0 bridgehead atoms. The monoisotopic (exact) mass is 498 g/mol. The molecular formula is C25H27FN4O2S2. The standard InChI is InChI=1S/C25H27FN4O2S2/c1-24(2,3)32-23(31)30-11-9-15(25(30,4)5)19-12-14-16(8-10-27-22(14)34-19)29-17-6-7-18-21(20(17)26)28-13-33-18/h6-8,10,12-13,15H,9,11H2,1-5H3,(H,27,29). The van der Waals surface area contributed by atoms with Crippen molar-refractivity contribution in [3.05, 3.63) is 46.7 Å². The van der Waals surface area contributed by atoms with E-state index in [1.54, 1.807) is 29.1 Å². The Hall–Kier alpha value is -2.78. The molecule has 34 heavy (non-hydrogen) atoms. The molecule has 1 N–H and O–H groups in total. The van der Waals surface area contributed by atoms with Gasteiger partial charge in [0.2, 0.25) is 0 Å². The SMILES string of the molecule is CC(C)(C)OC(=O)N1CCC(c2cc3c(Nc4ccc5scnc5c4F)ccnc3s2)C1(C)C. The third-order valence-electron chi connectivity index (χ3n) is 6.31. The van der Waals surface area contributed by atoms with E-state index in [-0.39, 0.29) is 17.8 Å². The van der Waals surface area contributed by atoms with Crippen LogP contribution in [0.3, 0.4) is 0 Å². The zero-order chi connectivity index (χ0) is 24.3. The van der Waals surface area contributed by atoms with Crippen molar-refractivity contribution in [2.24, 2.45) is 0 Å². The molecule has 4 aromatic rings. The van der Waals surface area contributed by atoms with Gasteiger partial charge in [-0.15, -0.1) is 22.7 Å². The molecule has 1 unspecified atom stereocenters. The van der Waals surface area contributed by atoms with Crippen LogP contribution in [0.1, 0.15) is 51.8 Å². The molecule has 178 valence electrons. The molecule has 0 aliphatic carbocycles. The minimum Gasteiger partial charge on any atom is -0.444 e. The average Bonchev–Trinajstić information content (AvgIpc) is 3.45. The van der Waals surface area contributed by atoms with Crippen LogP contribution in [0.4, 0.5) is 20.6 Å². The normalized spacial score (nSPS) is 18.1. The summed E-state index contributed by atoms with van der Waals surface area (Å²) in [6.45, 7) is 10.5. The molecule has 4 heterocycles. The van der Waals surface area contributed by atoms with Crippen molar-refractivity contribution in [3.63, 3.8) is 0 Å². The van der Waals surface area contributed by atoms with Gasteiger partial charge in [0.05, 0.1) is 21.6 Å². The number of hydrogen-bond donors (Lipinski definition) is 1. The summed E-state index contributed by atoms with van der Waals surface area (Å²) in [7, 11) is 0. The Bertz CT molecular complexity index is 1390. The van der Waals surface area contributed by atoms with Crippen LogP contribution in [0.15, 0.2) is 36.0 Å². The minimum absolute atomic E-state index is 0.148. The van der Waals surface area contributed by atoms with E-state index in [1.807, 2.05) is 37.8 Å². The summed E-state index contributed by atoms with van der Waals surface area (Å²) in [5.41, 5.74) is 2.26. The quantitative estimate of drug-likeness (QED) is 0.321. The Morgan fingerprint density at radius 3 is 2.79 bits per heavy atom. The zero-order valence-electron chi connectivity index (χ0n) is 19.8. The number of anilines is 2. The Balaban J connectivity index is 1.45. The number of nitrogens with one attached hydrogen (secondary N) is 1. The summed E-state index contributed by atoms with van der Waals surface area (Å²) < 4.78 is 21.5. The van der Waals surface area contributed by atoms with Crippen molar-refractivity contribution in [3.8, 4) is 0 Å². The second-order valence-corrected chi connectivity index (χ2v) is 12.1. The molecule has 1 aliphatic heterocycles. The third-order valence-corrected chi connectivity index (χ3v) is 8.26. The average molecular weight is 499 g/mol. The number of rotatable bonds is 3. The molecule has 1 atom stereocenters. The van der Waals surface area contributed by atoms with Crippen LogP contribution in [-0.2, 0) is 4.74 Å². The molecule has 0 spiro atoms. The van der Waals surface area contributed by atoms with E-state index in [0.29, 0.717) is 17.7 Å². The van der Waals surface area contributed by atoms with Crippen LogP contribution >= 0.6 is 22.7 Å². The van der Waals surface area contributed by atoms with Crippen LogP contribution in [-0.4, -0.2) is 38.6 Å². The van der Waals surface area contributed by atoms with Gasteiger partial charge in [0.15, 0.2) is 5.82 Å². The van der Waals surface area contributed by atoms with Crippen LogP contribution < -0.4 is 5.32 Å². The molecule has 0 radical (unpaired) electrons. The fourth-order valence-electron chi connectivity index (χ4n) is 4.60. The van der Waals surface area contributed by atoms with Crippen molar-refractivity contribution >= 4 is 60.6 Å². The molecule has 1 aliphatic rings. The van der Waals surface area contributed by atoms with E-state index in [4.69, 9.17) is 4.74 Å². The van der Waals surface area contributed by atoms with E-state index in [2.05, 4.69) is 35.2 Å². The van der Waals surface area contributed by atoms with Gasteiger partial charge in [0.25, 0.3) is 0 Å². The van der Waals surface area contributed by atoms with Crippen molar-refractivity contribution in [1.82, 2.24) is 14.9 Å². The number of thiophene rings is 1. The molecule has 3 aromatic heterocycles. The first-order valence-electron chi connectivity index (χ1n) is 11.2. The van der Waals surface area contributed by atoms with Crippen molar-refractivity contribution in [2.75, 3.05) is 11.9 Å². The van der Waals surface area contributed by atoms with Crippen molar-refractivity contribution in [2.45, 2.75) is 58.1 Å². The Morgan fingerprint density at radius 2 is 2.03 bits per heavy atom. The van der Waals surface area contributed by atoms with Gasteiger partial charge in [-0.1, -0.05) is 0 Å². The van der Waals surface area contributed by atoms with E-state index in [0.717, 1.165) is 31.9 Å². The third kappa shape index (κ3) is 4.01. The van der Waals surface area contributed by atoms with Gasteiger partial charge < -0.3 is 15.0 Å². The second kappa shape index (κ2) is 8.16. The lowest BCUT2D eigenvalue weighted by molar-refractivity contribution is 0.0119. The van der Waals surface area contributed by atoms with Crippen LogP contribution in [0.5, 0.6) is 0 Å². The van der Waals surface area contributed by atoms with Gasteiger partial charge in [-0.25, -0.2) is 19.2 Å². The summed E-state index contributed by atoms with van der Waals surface area (Å²) in [6, 6.07) is 7.60. The zero-order valence-corrected chi connectivity index (χ0v) is 21.4. The lowest BCUT2D eigenvalue weighted by Crippen LogP contribution is -2.47. The highest BCUT2D eigenvalue weighted by Crippen LogP contribution is 2.46. The maximum Gasteiger partial charge on any atom is 0.410 e. The minimum atomic E-state index is -0.538. The highest BCUT2D eigenvalue weighted by Gasteiger charge is 2.46. The highest BCUT2D eigenvalue weighted by molar-refractivity contribution is 7.18. The van der Waals surface area contributed by atoms with E-state index >= 15 is 0 Å². The number of halogens is 1. The number of pyridine rings is 1. The first kappa shape index (κ1) is 23.0. The number of nitrogens with zero attached hydrogens (tertiary/aromatic N) is 3. The lowest BCUT2D eigenvalue weighted by atomic mass is 9.87. The van der Waals surface area contributed by atoms with Crippen LogP contribution in [0.25, 0.3) is 20.4 Å². The smallest absolute Gasteiger partial charge is 0.410 e. The summed E-state index contributed by atoms with van der Waals surface area (Å²) in [6.07, 6.45) is 2.29. The number of fused-ring (bicyclic) bond motifs is 2. The fraction of sp³-hybridized carbons (Fsp3) is 0.400. The Morgan fingerprint density at radius 1 is 1.24 bits per heavy atom. The van der Waals surface area contributed by atoms with Gasteiger partial charge >= 0.3 is 6.09 Å². The summed E-state index contributed by atoms with van der Waals surface area (Å²) >= 11 is 3.04. The van der Waals surface area contributed by atoms with Crippen LogP contribution in [0, 0.1) is 5.82 Å². The van der Waals surface area contributed by atoms with Gasteiger partial charge in [0, 0.05) is 34.5 Å². The van der Waals surface area contributed by atoms with E-state index in [1.165, 1.54) is 11.3 Å². The number of hydrogen-bond acceptors (Lipinski definition) is 7. The summed E-state index contributed by atoms with van der Waals surface area (Å²) in [4.78, 5) is 25.4. The van der Waals surface area contributed by atoms with Crippen molar-refractivity contribution < 1.29 is 13.9 Å². The second-order valence-electron chi connectivity index (χ2n) is 10.1. The number of amides is 1. The molecule has 1 fully saturated rings. The number of thiazole rings is 1. The van der Waals surface area contributed by atoms with Gasteiger partial charge in [0.1, 0.15) is 15.9 Å². The van der Waals surface area contributed by atoms with Gasteiger partial charge in [-0.2, -0.15) is 0 Å². The predicted octanol–water partition coefficient (Wildman–Crippen LogP) is 7.29. The van der Waals surface area contributed by atoms with Crippen molar-refractivity contribution in [1.29, 1.82) is 0 Å². The summed E-state index contributed by atoms with van der Waals surface area (Å²) in [5, 5.41) is 4.18. The van der Waals surface area contributed by atoms with Gasteiger partial charge in [-0.05, 0) is 65.3 Å². The Kier molecular flexibility index (Phi) is 5.52. The number of aromatic nitrogens is 2. The molecule has 9 heteroatoms. The first-order valence-corrected chi connectivity index (χ1v) is 12.9. The Labute approximate surface area is 205 Å². The predicted molar refractivity (Wildman–Crippen MR) is 137 cm³/mol. The van der Waals surface area contributed by atoms with Crippen LogP contribution in [0.2, 0.25) is 0 Å². The number of carbonyl (C=O) groups is 1. The number of carbonyl (C=O) groups excluding carboxylic acids is 1. The van der Waals surface area contributed by atoms with E-state index in [9.17, 15) is 9.18 Å². The molecule has 1 saturated heterocycles. The summed E-state index contributed by atoms with van der Waals surface area (Å²) in [5.74, 6) is -0.209. The van der Waals surface area contributed by atoms with Gasteiger partial charge in [-0.3, -0.25) is 0 Å². The highest BCUT2D eigenvalue weighted by atomic mass is 32.1. The number of ether oxygens (including phenoxy) is 1. The molecule has 5 rings (SSSR count). The molecule has 1 amide bonds. The molecule has 6 nitrogen and oxygen atoms in total. The molecular weight excluding hydrogens is 471 g/mol. The maximum atomic E-state index is 15.0. The fourth-order valence-corrected chi connectivity index (χ4v) is 6.61.